The van der Waals surface area contributed by atoms with Crippen LogP contribution in [-0.2, 0) is 0 Å². The van der Waals surface area contributed by atoms with E-state index in [0.29, 0.717) is 16.6 Å². The first-order valence-corrected chi connectivity index (χ1v) is 6.15. The van der Waals surface area contributed by atoms with Crippen LogP contribution < -0.4 is 15.8 Å². The molecule has 0 aliphatic heterocycles. The highest BCUT2D eigenvalue weighted by Gasteiger charge is 2.11. The number of nitrogen functional groups attached to an aromatic ring is 1. The summed E-state index contributed by atoms with van der Waals surface area (Å²) in [6.07, 6.45) is 1.37. The van der Waals surface area contributed by atoms with Crippen molar-refractivity contribution in [3.05, 3.63) is 34.0 Å². The number of aromatic nitrogens is 2. The molecule has 1 heterocycles. The molecular weight excluding hydrogens is 320 g/mol. The lowest BCUT2D eigenvalue weighted by molar-refractivity contribution is 0.415. The molecule has 0 saturated heterocycles. The van der Waals surface area contributed by atoms with E-state index in [1.165, 1.54) is 13.4 Å². The molecule has 94 valence electrons. The molecule has 0 amide bonds. The Bertz CT molecular complexity index is 579. The summed E-state index contributed by atoms with van der Waals surface area (Å²) in [7, 11) is 1.51. The van der Waals surface area contributed by atoms with Crippen LogP contribution in [0, 0.1) is 0 Å². The highest BCUT2D eigenvalue weighted by atomic mass is 79.9. The van der Waals surface area contributed by atoms with Gasteiger partial charge < -0.3 is 15.8 Å². The molecule has 2 aromatic rings. The summed E-state index contributed by atoms with van der Waals surface area (Å²) in [6, 6.07) is 5.37. The minimum atomic E-state index is 0.278. The minimum Gasteiger partial charge on any atom is -0.490 e. The summed E-state index contributed by atoms with van der Waals surface area (Å²) in [5, 5.41) is 3.74. The van der Waals surface area contributed by atoms with Crippen LogP contribution in [0.15, 0.2) is 29.0 Å². The maximum absolute atomic E-state index is 5.88. The second kappa shape index (κ2) is 5.41. The normalized spacial score (nSPS) is 10.2. The number of nitrogens with two attached hydrogens (primary N) is 1. The van der Waals surface area contributed by atoms with Crippen molar-refractivity contribution >= 4 is 44.9 Å². The number of hydrogen-bond donors (Lipinski definition) is 2. The third-order valence-corrected chi connectivity index (χ3v) is 3.11. The van der Waals surface area contributed by atoms with Crippen LogP contribution in [0.3, 0.4) is 0 Å². The van der Waals surface area contributed by atoms with E-state index in [0.717, 1.165) is 10.2 Å². The van der Waals surface area contributed by atoms with Crippen molar-refractivity contribution in [3.8, 4) is 5.75 Å². The number of hydrogen-bond acceptors (Lipinski definition) is 5. The van der Waals surface area contributed by atoms with Crippen LogP contribution in [0.25, 0.3) is 0 Å². The van der Waals surface area contributed by atoms with Crippen molar-refractivity contribution in [2.75, 3.05) is 18.2 Å². The fourth-order valence-electron chi connectivity index (χ4n) is 1.40. The summed E-state index contributed by atoms with van der Waals surface area (Å²) < 4.78 is 5.97. The molecule has 0 bridgehead atoms. The maximum atomic E-state index is 5.88. The Balaban J connectivity index is 2.37. The van der Waals surface area contributed by atoms with Crippen molar-refractivity contribution in [3.63, 3.8) is 0 Å². The molecule has 0 fully saturated rings. The van der Waals surface area contributed by atoms with E-state index in [-0.39, 0.29) is 5.82 Å². The molecule has 0 atom stereocenters. The van der Waals surface area contributed by atoms with E-state index < -0.39 is 0 Å². The fraction of sp³-hybridized carbons (Fsp3) is 0.0909. The van der Waals surface area contributed by atoms with Gasteiger partial charge in [-0.05, 0) is 34.1 Å². The number of benzene rings is 1. The predicted octanol–water partition coefficient (Wildman–Crippen LogP) is 3.23. The predicted molar refractivity (Wildman–Crippen MR) is 75.4 cm³/mol. The molecule has 5 nitrogen and oxygen atoms in total. The third kappa shape index (κ3) is 2.65. The van der Waals surface area contributed by atoms with Gasteiger partial charge in [-0.2, -0.15) is 0 Å². The van der Waals surface area contributed by atoms with Crippen LogP contribution in [0.1, 0.15) is 0 Å². The summed E-state index contributed by atoms with van der Waals surface area (Å²) in [5.74, 6) is 1.17. The van der Waals surface area contributed by atoms with Gasteiger partial charge in [-0.1, -0.05) is 11.6 Å². The number of methoxy groups -OCH3 is 1. The Morgan fingerprint density at radius 1 is 1.39 bits per heavy atom. The Hall–Kier alpha value is -1.53. The molecule has 18 heavy (non-hydrogen) atoms. The van der Waals surface area contributed by atoms with Gasteiger partial charge >= 0.3 is 0 Å². The summed E-state index contributed by atoms with van der Waals surface area (Å²) in [6.45, 7) is 0. The number of nitrogens with one attached hydrogen (secondary N) is 1. The molecule has 0 spiro atoms. The average molecular weight is 330 g/mol. The number of nitrogens with zero attached hydrogens (tertiary/aromatic N) is 2. The molecule has 3 N–H and O–H groups in total. The average Bonchev–Trinajstić information content (AvgIpc) is 2.33. The van der Waals surface area contributed by atoms with Crippen molar-refractivity contribution in [2.45, 2.75) is 0 Å². The van der Waals surface area contributed by atoms with Crippen LogP contribution in [0.4, 0.5) is 17.3 Å². The van der Waals surface area contributed by atoms with Gasteiger partial charge in [0.15, 0.2) is 11.6 Å². The second-order valence-corrected chi connectivity index (χ2v) is 4.68. The van der Waals surface area contributed by atoms with Crippen molar-refractivity contribution in [1.29, 1.82) is 0 Å². The van der Waals surface area contributed by atoms with Crippen molar-refractivity contribution in [1.82, 2.24) is 9.97 Å². The molecule has 0 unspecified atom stereocenters. The highest BCUT2D eigenvalue weighted by Crippen LogP contribution is 2.33. The molecule has 7 heteroatoms. The largest absolute Gasteiger partial charge is 0.490 e. The smallest absolute Gasteiger partial charge is 0.204 e. The zero-order valence-corrected chi connectivity index (χ0v) is 11.8. The fourth-order valence-corrected chi connectivity index (χ4v) is 2.18. The van der Waals surface area contributed by atoms with Crippen molar-refractivity contribution < 1.29 is 4.74 Å². The minimum absolute atomic E-state index is 0.278. The quantitative estimate of drug-likeness (QED) is 0.904. The first-order chi connectivity index (χ1) is 8.61. The van der Waals surface area contributed by atoms with Gasteiger partial charge in [-0.25, -0.2) is 9.97 Å². The molecule has 1 aromatic heterocycles. The third-order valence-electron chi connectivity index (χ3n) is 2.22. The summed E-state index contributed by atoms with van der Waals surface area (Å²) >= 11 is 9.28. The Morgan fingerprint density at radius 2 is 2.17 bits per heavy atom. The van der Waals surface area contributed by atoms with E-state index in [9.17, 15) is 0 Å². The molecule has 0 aliphatic rings. The maximum Gasteiger partial charge on any atom is 0.204 e. The lowest BCUT2D eigenvalue weighted by Gasteiger charge is -2.12. The Labute approximate surface area is 117 Å². The second-order valence-electron chi connectivity index (χ2n) is 3.39. The number of rotatable bonds is 3. The number of anilines is 3. The van der Waals surface area contributed by atoms with Crippen molar-refractivity contribution in [2.24, 2.45) is 0 Å². The van der Waals surface area contributed by atoms with Gasteiger partial charge in [0.25, 0.3) is 0 Å². The van der Waals surface area contributed by atoms with E-state index in [2.05, 4.69) is 31.2 Å². The van der Waals surface area contributed by atoms with Crippen LogP contribution >= 0.6 is 27.5 Å². The molecule has 2 rings (SSSR count). The molecular formula is C11H10BrClN4O. The van der Waals surface area contributed by atoms with E-state index >= 15 is 0 Å². The van der Waals surface area contributed by atoms with Crippen LogP contribution in [0.2, 0.25) is 5.02 Å². The number of ether oxygens (including phenoxy) is 1. The lowest BCUT2D eigenvalue weighted by atomic mass is 10.3. The molecule has 0 aliphatic carbocycles. The molecule has 0 saturated carbocycles. The topological polar surface area (TPSA) is 73.1 Å². The highest BCUT2D eigenvalue weighted by molar-refractivity contribution is 9.10. The van der Waals surface area contributed by atoms with E-state index in [1.54, 1.807) is 12.1 Å². The van der Waals surface area contributed by atoms with E-state index in [4.69, 9.17) is 22.1 Å². The van der Waals surface area contributed by atoms with E-state index in [1.807, 2.05) is 6.07 Å². The Morgan fingerprint density at radius 3 is 2.83 bits per heavy atom. The van der Waals surface area contributed by atoms with Crippen LogP contribution in [-0.4, -0.2) is 17.1 Å². The standard InChI is InChI=1S/C11H10BrClN4O/c1-18-9-10(14)15-5-16-11(9)17-8-3-2-6(13)4-7(8)12/h2-5H,1H3,(H3,14,15,16,17). The molecule has 1 aromatic carbocycles. The summed E-state index contributed by atoms with van der Waals surface area (Å²) in [4.78, 5) is 7.95. The Kier molecular flexibility index (Phi) is 3.88. The zero-order valence-electron chi connectivity index (χ0n) is 9.45. The summed E-state index contributed by atoms with van der Waals surface area (Å²) in [5.41, 5.74) is 6.50. The van der Waals surface area contributed by atoms with Gasteiger partial charge in [0.2, 0.25) is 5.75 Å². The zero-order chi connectivity index (χ0) is 13.1. The van der Waals surface area contributed by atoms with Gasteiger partial charge in [0, 0.05) is 9.50 Å². The first kappa shape index (κ1) is 12.9. The van der Waals surface area contributed by atoms with Gasteiger partial charge in [0.05, 0.1) is 12.8 Å². The van der Waals surface area contributed by atoms with Gasteiger partial charge in [-0.3, -0.25) is 0 Å². The van der Waals surface area contributed by atoms with Crippen LogP contribution in [0.5, 0.6) is 5.75 Å². The SMILES string of the molecule is COc1c(N)ncnc1Nc1ccc(Cl)cc1Br. The lowest BCUT2D eigenvalue weighted by Crippen LogP contribution is -2.03. The van der Waals surface area contributed by atoms with Gasteiger partial charge in [0.1, 0.15) is 6.33 Å². The first-order valence-electron chi connectivity index (χ1n) is 4.98. The monoisotopic (exact) mass is 328 g/mol. The van der Waals surface area contributed by atoms with Gasteiger partial charge in [-0.15, -0.1) is 0 Å². The number of halogens is 2. The molecule has 0 radical (unpaired) electrons.